The third-order valence-corrected chi connectivity index (χ3v) is 5.86. The molecule has 0 radical (unpaired) electrons. The van der Waals surface area contributed by atoms with Crippen molar-refractivity contribution in [1.82, 2.24) is 10.3 Å². The van der Waals surface area contributed by atoms with Gasteiger partial charge < -0.3 is 10.1 Å². The lowest BCUT2D eigenvalue weighted by atomic mass is 9.97. The Hall–Kier alpha value is -1.28. The van der Waals surface area contributed by atoms with E-state index in [1.54, 1.807) is 11.8 Å². The van der Waals surface area contributed by atoms with E-state index in [2.05, 4.69) is 20.4 Å². The number of nitrogens with zero attached hydrogens (tertiary/aromatic N) is 1. The number of alkyl carbamates (subject to hydrolysis) is 1. The Bertz CT molecular complexity index is 539. The molecular weight excluding hydrogens is 310 g/mol. The number of ether oxygens (including phenoxy) is 1. The second-order valence-corrected chi connectivity index (χ2v) is 7.03. The lowest BCUT2D eigenvalue weighted by molar-refractivity contribution is -0.122. The number of hydrogen-bond acceptors (Lipinski definition) is 6. The highest BCUT2D eigenvalue weighted by Crippen LogP contribution is 2.34. The highest BCUT2D eigenvalue weighted by molar-refractivity contribution is 8.00. The summed E-state index contributed by atoms with van der Waals surface area (Å²) >= 11 is 3.05. The number of amides is 2. The maximum Gasteiger partial charge on any atom is 0.407 e. The monoisotopic (exact) mass is 329 g/mol. The third kappa shape index (κ3) is 3.49. The zero-order chi connectivity index (χ0) is 15.5. The van der Waals surface area contributed by atoms with E-state index in [0.29, 0.717) is 18.0 Å². The average molecular weight is 329 g/mol. The van der Waals surface area contributed by atoms with Gasteiger partial charge in [0, 0.05) is 0 Å². The fraction of sp³-hybridized carbons (Fsp3) is 0.615. The molecule has 6 nitrogen and oxygen atoms in total. The molecule has 8 heteroatoms. The van der Waals surface area contributed by atoms with Crippen molar-refractivity contribution in [1.29, 1.82) is 0 Å². The molecule has 1 aliphatic rings. The van der Waals surface area contributed by atoms with Gasteiger partial charge in [-0.15, -0.1) is 11.8 Å². The molecule has 2 amide bonds. The zero-order valence-corrected chi connectivity index (χ0v) is 13.9. The number of aromatic nitrogens is 1. The van der Waals surface area contributed by atoms with Crippen LogP contribution < -0.4 is 10.6 Å². The topological polar surface area (TPSA) is 80.3 Å². The fourth-order valence-corrected chi connectivity index (χ4v) is 4.08. The molecule has 0 aliphatic heterocycles. The van der Waals surface area contributed by atoms with Gasteiger partial charge in [-0.05, 0) is 26.0 Å². The van der Waals surface area contributed by atoms with Gasteiger partial charge in [0.15, 0.2) is 5.13 Å². The molecule has 1 aromatic rings. The third-order valence-electron chi connectivity index (χ3n) is 3.58. The second-order valence-electron chi connectivity index (χ2n) is 4.96. The van der Waals surface area contributed by atoms with Gasteiger partial charge in [-0.25, -0.2) is 9.78 Å². The van der Waals surface area contributed by atoms with Gasteiger partial charge in [0.25, 0.3) is 5.91 Å². The van der Waals surface area contributed by atoms with Crippen molar-refractivity contribution in [3.05, 3.63) is 5.69 Å². The number of nitrogens with one attached hydrogen (secondary N) is 2. The molecule has 1 fully saturated rings. The van der Waals surface area contributed by atoms with Crippen LogP contribution in [-0.4, -0.2) is 35.9 Å². The van der Waals surface area contributed by atoms with Gasteiger partial charge in [0.2, 0.25) is 0 Å². The Morgan fingerprint density at radius 1 is 1.38 bits per heavy atom. The summed E-state index contributed by atoms with van der Waals surface area (Å²) < 4.78 is 5.71. The van der Waals surface area contributed by atoms with Crippen molar-refractivity contribution in [3.63, 3.8) is 0 Å². The SMILES string of the molecule is COC(=O)NC1(C(=O)Nc2nc(C)c(SC)s2)CCCC1. The number of methoxy groups -OCH3 is 1. The number of carbonyl (C=O) groups excluding carboxylic acids is 2. The Morgan fingerprint density at radius 3 is 2.57 bits per heavy atom. The highest BCUT2D eigenvalue weighted by atomic mass is 32.2. The molecule has 0 atom stereocenters. The van der Waals surface area contributed by atoms with E-state index in [0.717, 1.165) is 22.7 Å². The zero-order valence-electron chi connectivity index (χ0n) is 12.3. The molecule has 0 spiro atoms. The van der Waals surface area contributed by atoms with Crippen LogP contribution in [0.15, 0.2) is 4.21 Å². The first kappa shape index (κ1) is 16.1. The Balaban J connectivity index is 2.13. The highest BCUT2D eigenvalue weighted by Gasteiger charge is 2.43. The lowest BCUT2D eigenvalue weighted by Gasteiger charge is -2.27. The largest absolute Gasteiger partial charge is 0.453 e. The van der Waals surface area contributed by atoms with Gasteiger partial charge in [-0.2, -0.15) is 0 Å². The molecule has 1 heterocycles. The Labute approximate surface area is 132 Å². The van der Waals surface area contributed by atoms with E-state index in [9.17, 15) is 9.59 Å². The summed E-state index contributed by atoms with van der Waals surface area (Å²) in [5, 5.41) is 6.10. The van der Waals surface area contributed by atoms with E-state index in [1.807, 2.05) is 13.2 Å². The molecular formula is C13H19N3O3S2. The smallest absolute Gasteiger partial charge is 0.407 e. The summed E-state index contributed by atoms with van der Waals surface area (Å²) in [7, 11) is 1.30. The molecule has 2 rings (SSSR count). The van der Waals surface area contributed by atoms with E-state index < -0.39 is 11.6 Å². The second kappa shape index (κ2) is 6.65. The number of rotatable bonds is 4. The molecule has 1 aliphatic carbocycles. The van der Waals surface area contributed by atoms with Crippen molar-refractivity contribution >= 4 is 40.2 Å². The van der Waals surface area contributed by atoms with Gasteiger partial charge in [-0.1, -0.05) is 24.2 Å². The summed E-state index contributed by atoms with van der Waals surface area (Å²) in [6.07, 6.45) is 4.45. The van der Waals surface area contributed by atoms with Gasteiger partial charge in [0.05, 0.1) is 17.0 Å². The van der Waals surface area contributed by atoms with E-state index in [-0.39, 0.29) is 5.91 Å². The molecule has 0 aromatic carbocycles. The molecule has 0 unspecified atom stereocenters. The van der Waals surface area contributed by atoms with Crippen LogP contribution in [0.4, 0.5) is 9.93 Å². The van der Waals surface area contributed by atoms with Crippen LogP contribution in [0.1, 0.15) is 31.4 Å². The number of thiazole rings is 1. The Kier molecular flexibility index (Phi) is 5.10. The average Bonchev–Trinajstić information content (AvgIpc) is 3.06. The quantitative estimate of drug-likeness (QED) is 0.830. The van der Waals surface area contributed by atoms with E-state index >= 15 is 0 Å². The van der Waals surface area contributed by atoms with Crippen LogP contribution in [0.3, 0.4) is 0 Å². The number of thioether (sulfide) groups is 1. The summed E-state index contributed by atoms with van der Waals surface area (Å²) in [6, 6.07) is 0. The Morgan fingerprint density at radius 2 is 2.05 bits per heavy atom. The first-order valence-electron chi connectivity index (χ1n) is 6.70. The maximum atomic E-state index is 12.6. The van der Waals surface area contributed by atoms with Crippen LogP contribution in [0.25, 0.3) is 0 Å². The molecule has 116 valence electrons. The molecule has 2 N–H and O–H groups in total. The first-order valence-corrected chi connectivity index (χ1v) is 8.74. The molecule has 0 saturated heterocycles. The molecule has 21 heavy (non-hydrogen) atoms. The van der Waals surface area contributed by atoms with Crippen molar-refractivity contribution < 1.29 is 14.3 Å². The van der Waals surface area contributed by atoms with Gasteiger partial charge in [-0.3, -0.25) is 10.1 Å². The number of aryl methyl sites for hydroxylation is 1. The molecule has 0 bridgehead atoms. The maximum absolute atomic E-state index is 12.6. The first-order chi connectivity index (χ1) is 10.0. The van der Waals surface area contributed by atoms with Crippen LogP contribution >= 0.6 is 23.1 Å². The summed E-state index contributed by atoms with van der Waals surface area (Å²) in [5.41, 5.74) is 0.0239. The van der Waals surface area contributed by atoms with Crippen molar-refractivity contribution in [2.75, 3.05) is 18.7 Å². The van der Waals surface area contributed by atoms with E-state index in [4.69, 9.17) is 0 Å². The fourth-order valence-electron chi connectivity index (χ4n) is 2.48. The van der Waals surface area contributed by atoms with E-state index in [1.165, 1.54) is 18.4 Å². The van der Waals surface area contributed by atoms with Crippen molar-refractivity contribution in [2.24, 2.45) is 0 Å². The predicted octanol–water partition coefficient (Wildman–Crippen LogP) is 2.78. The van der Waals surface area contributed by atoms with Crippen LogP contribution in [0.5, 0.6) is 0 Å². The minimum Gasteiger partial charge on any atom is -0.453 e. The predicted molar refractivity (Wildman–Crippen MR) is 84.0 cm³/mol. The minimum absolute atomic E-state index is 0.216. The lowest BCUT2D eigenvalue weighted by Crippen LogP contribution is -2.55. The van der Waals surface area contributed by atoms with Crippen molar-refractivity contribution in [2.45, 2.75) is 42.4 Å². The number of anilines is 1. The summed E-state index contributed by atoms with van der Waals surface area (Å²) in [6.45, 7) is 1.91. The normalized spacial score (nSPS) is 16.5. The van der Waals surface area contributed by atoms with Crippen LogP contribution in [0, 0.1) is 6.92 Å². The standard InChI is InChI=1S/C13H19N3O3S2/c1-8-9(20-3)21-11(14-8)15-10(17)13(6-4-5-7-13)16-12(18)19-2/h4-7H2,1-3H3,(H,16,18)(H,14,15,17). The van der Waals surface area contributed by atoms with Crippen molar-refractivity contribution in [3.8, 4) is 0 Å². The molecule has 1 aromatic heterocycles. The van der Waals surface area contributed by atoms with Crippen LogP contribution in [-0.2, 0) is 9.53 Å². The summed E-state index contributed by atoms with van der Waals surface area (Å²) in [4.78, 5) is 28.4. The molecule has 1 saturated carbocycles. The van der Waals surface area contributed by atoms with Crippen LogP contribution in [0.2, 0.25) is 0 Å². The van der Waals surface area contributed by atoms with Gasteiger partial charge in [0.1, 0.15) is 5.54 Å². The van der Waals surface area contributed by atoms with Gasteiger partial charge >= 0.3 is 6.09 Å². The summed E-state index contributed by atoms with van der Waals surface area (Å²) in [5.74, 6) is -0.216. The number of carbonyl (C=O) groups is 2. The minimum atomic E-state index is -0.883. The number of hydrogen-bond donors (Lipinski definition) is 2.